The average molecular weight is 367 g/mol. The summed E-state index contributed by atoms with van der Waals surface area (Å²) < 4.78 is 6.44. The lowest BCUT2D eigenvalue weighted by atomic mass is 9.91. The Morgan fingerprint density at radius 2 is 1.96 bits per heavy atom. The molecule has 1 aromatic carbocycles. The van der Waals surface area contributed by atoms with Crippen LogP contribution in [0, 0.1) is 5.92 Å². The molecule has 2 aromatic heterocycles. The number of hydrogen-bond donors (Lipinski definition) is 1. The first-order valence-corrected chi connectivity index (χ1v) is 8.94. The van der Waals surface area contributed by atoms with Gasteiger partial charge in [-0.1, -0.05) is 18.2 Å². The predicted octanol–water partition coefficient (Wildman–Crippen LogP) is 1.57. The summed E-state index contributed by atoms with van der Waals surface area (Å²) in [7, 11) is 1.29. The number of para-hydroxylation sites is 1. The molecule has 0 spiro atoms. The minimum atomic E-state index is -1.07. The molecular formula is C19H21N5O3. The lowest BCUT2D eigenvalue weighted by Gasteiger charge is -2.34. The van der Waals surface area contributed by atoms with Gasteiger partial charge in [-0.2, -0.15) is 5.10 Å². The Morgan fingerprint density at radius 3 is 2.67 bits per heavy atom. The van der Waals surface area contributed by atoms with E-state index >= 15 is 0 Å². The van der Waals surface area contributed by atoms with Crippen molar-refractivity contribution >= 4 is 22.8 Å². The summed E-state index contributed by atoms with van der Waals surface area (Å²) in [4.78, 5) is 22.6. The molecule has 8 nitrogen and oxygen atoms in total. The van der Waals surface area contributed by atoms with Crippen molar-refractivity contribution in [3.8, 4) is 5.69 Å². The summed E-state index contributed by atoms with van der Waals surface area (Å²) in [6, 6.07) is 9.84. The van der Waals surface area contributed by atoms with E-state index in [1.807, 2.05) is 30.3 Å². The van der Waals surface area contributed by atoms with Crippen molar-refractivity contribution in [3.05, 3.63) is 42.9 Å². The molecule has 4 rings (SSSR count). The van der Waals surface area contributed by atoms with Crippen LogP contribution in [0.3, 0.4) is 0 Å². The van der Waals surface area contributed by atoms with Gasteiger partial charge in [0.2, 0.25) is 0 Å². The quantitative estimate of drug-likeness (QED) is 0.700. The Balaban J connectivity index is 1.57. The lowest BCUT2D eigenvalue weighted by Crippen LogP contribution is -2.41. The van der Waals surface area contributed by atoms with Gasteiger partial charge in [0.1, 0.15) is 12.1 Å². The zero-order valence-electron chi connectivity index (χ0n) is 15.0. The van der Waals surface area contributed by atoms with Gasteiger partial charge in [-0.05, 0) is 30.9 Å². The van der Waals surface area contributed by atoms with Gasteiger partial charge in [-0.15, -0.1) is 0 Å². The Bertz CT molecular complexity index is 935. The fourth-order valence-electron chi connectivity index (χ4n) is 3.58. The number of aliphatic hydroxyl groups is 1. The van der Waals surface area contributed by atoms with Crippen LogP contribution in [-0.2, 0) is 9.53 Å². The first-order valence-electron chi connectivity index (χ1n) is 8.94. The second-order valence-electron chi connectivity index (χ2n) is 6.62. The monoisotopic (exact) mass is 367 g/mol. The van der Waals surface area contributed by atoms with Crippen molar-refractivity contribution in [2.75, 3.05) is 25.1 Å². The number of ether oxygens (including phenoxy) is 1. The van der Waals surface area contributed by atoms with E-state index in [0.717, 1.165) is 22.5 Å². The molecule has 1 saturated heterocycles. The Hall–Kier alpha value is -3.00. The largest absolute Gasteiger partial charge is 0.467 e. The number of benzene rings is 1. The highest BCUT2D eigenvalue weighted by molar-refractivity contribution is 5.87. The number of carbonyl (C=O) groups is 1. The molecule has 1 unspecified atom stereocenters. The molecule has 1 fully saturated rings. The number of rotatable bonds is 4. The van der Waals surface area contributed by atoms with Crippen LogP contribution in [0.1, 0.15) is 12.8 Å². The summed E-state index contributed by atoms with van der Waals surface area (Å²) in [5, 5.41) is 15.4. The van der Waals surface area contributed by atoms with Gasteiger partial charge in [0.15, 0.2) is 11.8 Å². The van der Waals surface area contributed by atoms with Crippen molar-refractivity contribution in [1.82, 2.24) is 19.7 Å². The van der Waals surface area contributed by atoms with Crippen LogP contribution in [0.25, 0.3) is 16.7 Å². The van der Waals surface area contributed by atoms with Crippen molar-refractivity contribution in [2.24, 2.45) is 5.92 Å². The molecule has 0 amide bonds. The van der Waals surface area contributed by atoms with Crippen molar-refractivity contribution < 1.29 is 14.6 Å². The topological polar surface area (TPSA) is 93.4 Å². The number of nitrogens with zero attached hydrogens (tertiary/aromatic N) is 5. The second kappa shape index (κ2) is 7.32. The van der Waals surface area contributed by atoms with Gasteiger partial charge in [0, 0.05) is 13.1 Å². The third kappa shape index (κ3) is 3.23. The smallest absolute Gasteiger partial charge is 0.334 e. The van der Waals surface area contributed by atoms with E-state index in [1.165, 1.54) is 7.11 Å². The number of methoxy groups -OCH3 is 1. The van der Waals surface area contributed by atoms with Gasteiger partial charge in [-0.25, -0.2) is 19.4 Å². The molecule has 3 heterocycles. The lowest BCUT2D eigenvalue weighted by molar-refractivity contribution is -0.153. The van der Waals surface area contributed by atoms with E-state index in [0.29, 0.717) is 25.9 Å². The Morgan fingerprint density at radius 1 is 1.22 bits per heavy atom. The Kier molecular flexibility index (Phi) is 4.72. The van der Waals surface area contributed by atoms with Gasteiger partial charge in [0.05, 0.1) is 24.4 Å². The van der Waals surface area contributed by atoms with Crippen molar-refractivity contribution in [2.45, 2.75) is 18.9 Å². The van der Waals surface area contributed by atoms with Gasteiger partial charge >= 0.3 is 5.97 Å². The predicted molar refractivity (Wildman–Crippen MR) is 99.6 cm³/mol. The molecule has 140 valence electrons. The minimum Gasteiger partial charge on any atom is -0.467 e. The van der Waals surface area contributed by atoms with Gasteiger partial charge < -0.3 is 14.7 Å². The summed E-state index contributed by atoms with van der Waals surface area (Å²) in [5.74, 6) is 0.160. The molecule has 0 saturated carbocycles. The van der Waals surface area contributed by atoms with E-state index < -0.39 is 12.1 Å². The van der Waals surface area contributed by atoms with Crippen molar-refractivity contribution in [3.63, 3.8) is 0 Å². The number of hydrogen-bond acceptors (Lipinski definition) is 7. The zero-order valence-corrected chi connectivity index (χ0v) is 15.0. The average Bonchev–Trinajstić information content (AvgIpc) is 3.17. The standard InChI is InChI=1S/C19H21N5O3/c1-27-19(26)16(25)13-7-9-23(10-8-13)17-15-11-22-24(18(15)21-12-20-17)14-5-3-2-4-6-14/h2-6,11-13,16,25H,7-10H2,1H3. The maximum absolute atomic E-state index is 11.6. The highest BCUT2D eigenvalue weighted by Crippen LogP contribution is 2.29. The number of aromatic nitrogens is 4. The molecule has 1 atom stereocenters. The third-order valence-corrected chi connectivity index (χ3v) is 5.07. The normalized spacial score (nSPS) is 16.4. The van der Waals surface area contributed by atoms with Crippen LogP contribution >= 0.6 is 0 Å². The van der Waals surface area contributed by atoms with E-state index in [1.54, 1.807) is 17.2 Å². The maximum atomic E-state index is 11.6. The number of esters is 1. The van der Waals surface area contributed by atoms with Crippen LogP contribution in [0.15, 0.2) is 42.9 Å². The molecule has 27 heavy (non-hydrogen) atoms. The van der Waals surface area contributed by atoms with Crippen LogP contribution in [0.2, 0.25) is 0 Å². The molecule has 0 aliphatic carbocycles. The number of carbonyl (C=O) groups excluding carboxylic acids is 1. The van der Waals surface area contributed by atoms with E-state index in [9.17, 15) is 9.90 Å². The fraction of sp³-hybridized carbons (Fsp3) is 0.368. The molecular weight excluding hydrogens is 346 g/mol. The second-order valence-corrected chi connectivity index (χ2v) is 6.62. The first kappa shape index (κ1) is 17.4. The summed E-state index contributed by atoms with van der Waals surface area (Å²) >= 11 is 0. The van der Waals surface area contributed by atoms with E-state index in [4.69, 9.17) is 0 Å². The number of fused-ring (bicyclic) bond motifs is 1. The molecule has 1 aliphatic rings. The van der Waals surface area contributed by atoms with Crippen LogP contribution in [0.5, 0.6) is 0 Å². The minimum absolute atomic E-state index is 0.0990. The van der Waals surface area contributed by atoms with Gasteiger partial charge in [-0.3, -0.25) is 0 Å². The number of aliphatic hydroxyl groups excluding tert-OH is 1. The van der Waals surface area contributed by atoms with Crippen LogP contribution in [-0.4, -0.2) is 57.1 Å². The SMILES string of the molecule is COC(=O)C(O)C1CCN(c2ncnc3c2cnn3-c2ccccc2)CC1. The summed E-state index contributed by atoms with van der Waals surface area (Å²) in [6.45, 7) is 1.39. The van der Waals surface area contributed by atoms with E-state index in [2.05, 4.69) is 24.7 Å². The molecule has 0 radical (unpaired) electrons. The molecule has 8 heteroatoms. The van der Waals surface area contributed by atoms with E-state index in [-0.39, 0.29) is 5.92 Å². The third-order valence-electron chi connectivity index (χ3n) is 5.07. The first-order chi connectivity index (χ1) is 13.2. The highest BCUT2D eigenvalue weighted by Gasteiger charge is 2.31. The molecule has 3 aromatic rings. The molecule has 1 aliphatic heterocycles. The summed E-state index contributed by atoms with van der Waals surface area (Å²) in [6.07, 6.45) is 3.65. The Labute approximate surface area is 156 Å². The number of piperidine rings is 1. The fourth-order valence-corrected chi connectivity index (χ4v) is 3.58. The molecule has 1 N–H and O–H groups in total. The van der Waals surface area contributed by atoms with Crippen molar-refractivity contribution in [1.29, 1.82) is 0 Å². The summed E-state index contributed by atoms with van der Waals surface area (Å²) in [5.41, 5.74) is 1.69. The zero-order chi connectivity index (χ0) is 18.8. The van der Waals surface area contributed by atoms with Gasteiger partial charge in [0.25, 0.3) is 0 Å². The molecule has 0 bridgehead atoms. The highest BCUT2D eigenvalue weighted by atomic mass is 16.5. The van der Waals surface area contributed by atoms with Crippen LogP contribution in [0.4, 0.5) is 5.82 Å². The maximum Gasteiger partial charge on any atom is 0.334 e. The number of anilines is 1. The van der Waals surface area contributed by atoms with Crippen LogP contribution < -0.4 is 4.90 Å².